The number of hydrogen-bond acceptors (Lipinski definition) is 0. The zero-order valence-electron chi connectivity index (χ0n) is 6.33. The predicted molar refractivity (Wildman–Crippen MR) is 40.0 cm³/mol. The van der Waals surface area contributed by atoms with E-state index in [1.807, 2.05) is 0 Å². The quantitative estimate of drug-likeness (QED) is 0.397. The maximum atomic E-state index is 3.12. The molecule has 1 rings (SSSR count). The van der Waals surface area contributed by atoms with E-state index >= 15 is 0 Å². The van der Waals surface area contributed by atoms with Gasteiger partial charge in [-0.25, -0.2) is 0 Å². The van der Waals surface area contributed by atoms with Crippen molar-refractivity contribution in [3.05, 3.63) is 0 Å². The third-order valence-corrected chi connectivity index (χ3v) is 1.83. The second kappa shape index (κ2) is 2.43. The summed E-state index contributed by atoms with van der Waals surface area (Å²) in [5, 5.41) is 0. The van der Waals surface area contributed by atoms with E-state index in [9.17, 15) is 0 Å². The Kier molecular flexibility index (Phi) is 1.81. The molecule has 0 aliphatic heterocycles. The van der Waals surface area contributed by atoms with Crippen LogP contribution in [-0.2, 0) is 0 Å². The molecule has 0 amide bonds. The molecule has 1 aliphatic carbocycles. The van der Waals surface area contributed by atoms with Crippen molar-refractivity contribution in [3.8, 4) is 11.8 Å². The summed E-state index contributed by atoms with van der Waals surface area (Å²) in [6, 6.07) is 0. The van der Waals surface area contributed by atoms with E-state index in [1.54, 1.807) is 0 Å². The van der Waals surface area contributed by atoms with Crippen molar-refractivity contribution in [3.63, 3.8) is 0 Å². The fraction of sp³-hybridized carbons (Fsp3) is 0.778. The highest BCUT2D eigenvalue weighted by molar-refractivity contribution is 5.38. The largest absolute Gasteiger partial charge is 0.0891 e. The van der Waals surface area contributed by atoms with Crippen LogP contribution in [0.25, 0.3) is 0 Å². The molecule has 0 unspecified atom stereocenters. The Bertz CT molecular complexity index is 137. The Morgan fingerprint density at radius 3 is 2.33 bits per heavy atom. The van der Waals surface area contributed by atoms with Gasteiger partial charge in [0.25, 0.3) is 0 Å². The molecule has 0 saturated heterocycles. The summed E-state index contributed by atoms with van der Waals surface area (Å²) in [6.45, 7) is 4.43. The van der Waals surface area contributed by atoms with Crippen LogP contribution >= 0.6 is 0 Å². The van der Waals surface area contributed by atoms with Crippen LogP contribution in [0.4, 0.5) is 0 Å². The molecule has 0 aromatic carbocycles. The molecule has 0 spiro atoms. The molecule has 0 atom stereocenters. The zero-order valence-corrected chi connectivity index (χ0v) is 6.33. The number of hydrogen-bond donors (Lipinski definition) is 0. The van der Waals surface area contributed by atoms with Gasteiger partial charge in [0.1, 0.15) is 0 Å². The van der Waals surface area contributed by atoms with Crippen molar-refractivity contribution < 1.29 is 0 Å². The summed E-state index contributed by atoms with van der Waals surface area (Å²) in [7, 11) is 0. The molecule has 0 fully saturated rings. The summed E-state index contributed by atoms with van der Waals surface area (Å²) in [5.74, 6) is 6.24. The zero-order chi connectivity index (χ0) is 6.74. The van der Waals surface area contributed by atoms with Gasteiger partial charge in [-0.2, -0.15) is 0 Å². The highest BCUT2D eigenvalue weighted by Crippen LogP contribution is 2.30. The van der Waals surface area contributed by atoms with Gasteiger partial charge in [-0.05, 0) is 13.3 Å². The normalized spacial score (nSPS) is 18.4. The van der Waals surface area contributed by atoms with Gasteiger partial charge in [-0.3, -0.25) is 0 Å². The standard InChI is InChI=1S/C9H14/c1-3-4-5-6-9(2)7-8-9/h3-6H2,1-2H3. The Morgan fingerprint density at radius 1 is 1.22 bits per heavy atom. The maximum absolute atomic E-state index is 3.12. The monoisotopic (exact) mass is 122 g/mol. The topological polar surface area (TPSA) is 0 Å². The smallest absolute Gasteiger partial charge is 0.0821 e. The van der Waals surface area contributed by atoms with Crippen LogP contribution in [0, 0.1) is 17.3 Å². The molecule has 9 heavy (non-hydrogen) atoms. The van der Waals surface area contributed by atoms with Gasteiger partial charge in [-0.1, -0.05) is 38.0 Å². The lowest BCUT2D eigenvalue weighted by Gasteiger charge is -2.04. The van der Waals surface area contributed by atoms with E-state index in [1.165, 1.54) is 25.7 Å². The molecule has 0 bridgehead atoms. The Balaban J connectivity index is 1.94. The first kappa shape index (κ1) is 6.68. The van der Waals surface area contributed by atoms with Gasteiger partial charge in [-0.15, -0.1) is 0 Å². The molecule has 0 aromatic heterocycles. The van der Waals surface area contributed by atoms with E-state index < -0.39 is 0 Å². The first-order valence-corrected chi connectivity index (χ1v) is 3.81. The Labute approximate surface area is 57.7 Å². The minimum absolute atomic E-state index is 0.301. The predicted octanol–water partition coefficient (Wildman–Crippen LogP) is 2.59. The SMILES string of the molecule is CCCCCC1(C)C#C1. The van der Waals surface area contributed by atoms with Crippen molar-refractivity contribution in [1.29, 1.82) is 0 Å². The molecule has 0 heterocycles. The second-order valence-electron chi connectivity index (χ2n) is 3.04. The van der Waals surface area contributed by atoms with Crippen molar-refractivity contribution >= 4 is 0 Å². The van der Waals surface area contributed by atoms with Crippen LogP contribution in [0.2, 0.25) is 0 Å². The molecule has 0 aromatic rings. The summed E-state index contributed by atoms with van der Waals surface area (Å²) >= 11 is 0. The first-order chi connectivity index (χ1) is 4.27. The summed E-state index contributed by atoms with van der Waals surface area (Å²) in [5.41, 5.74) is 0.301. The van der Waals surface area contributed by atoms with Crippen molar-refractivity contribution in [2.24, 2.45) is 5.41 Å². The summed E-state index contributed by atoms with van der Waals surface area (Å²) in [6.07, 6.45) is 5.28. The average Bonchev–Trinajstić information content (AvgIpc) is 2.50. The average molecular weight is 122 g/mol. The Hall–Kier alpha value is -0.440. The van der Waals surface area contributed by atoms with Crippen molar-refractivity contribution in [1.82, 2.24) is 0 Å². The number of rotatable bonds is 4. The van der Waals surface area contributed by atoms with Crippen LogP contribution in [-0.4, -0.2) is 0 Å². The van der Waals surface area contributed by atoms with Gasteiger partial charge in [0.2, 0.25) is 0 Å². The minimum Gasteiger partial charge on any atom is -0.0821 e. The summed E-state index contributed by atoms with van der Waals surface area (Å²) < 4.78 is 0. The third-order valence-electron chi connectivity index (χ3n) is 1.83. The molecular formula is C9H14. The Morgan fingerprint density at radius 2 is 1.89 bits per heavy atom. The molecule has 0 nitrogen and oxygen atoms in total. The van der Waals surface area contributed by atoms with Crippen LogP contribution in [0.15, 0.2) is 0 Å². The fourth-order valence-corrected chi connectivity index (χ4v) is 0.960. The van der Waals surface area contributed by atoms with Gasteiger partial charge >= 0.3 is 0 Å². The maximum Gasteiger partial charge on any atom is 0.0891 e. The van der Waals surface area contributed by atoms with Gasteiger partial charge in [0.15, 0.2) is 0 Å². The molecule has 0 heteroatoms. The van der Waals surface area contributed by atoms with Gasteiger partial charge < -0.3 is 0 Å². The lowest BCUT2D eigenvalue weighted by atomic mass is 9.97. The molecule has 0 N–H and O–H groups in total. The molecule has 0 saturated carbocycles. The first-order valence-electron chi connectivity index (χ1n) is 3.81. The lowest BCUT2D eigenvalue weighted by molar-refractivity contribution is 0.534. The third kappa shape index (κ3) is 2.10. The van der Waals surface area contributed by atoms with Crippen LogP contribution in [0.1, 0.15) is 39.5 Å². The van der Waals surface area contributed by atoms with Gasteiger partial charge in [0.05, 0.1) is 5.41 Å². The molecule has 0 radical (unpaired) electrons. The van der Waals surface area contributed by atoms with Crippen LogP contribution in [0.3, 0.4) is 0 Å². The van der Waals surface area contributed by atoms with E-state index in [-0.39, 0.29) is 0 Å². The van der Waals surface area contributed by atoms with Crippen LogP contribution in [0.5, 0.6) is 0 Å². The van der Waals surface area contributed by atoms with Crippen molar-refractivity contribution in [2.45, 2.75) is 39.5 Å². The number of unbranched alkanes of at least 4 members (excludes halogenated alkanes) is 2. The van der Waals surface area contributed by atoms with Gasteiger partial charge in [0, 0.05) is 0 Å². The van der Waals surface area contributed by atoms with E-state index in [2.05, 4.69) is 25.7 Å². The molecular weight excluding hydrogens is 108 g/mol. The lowest BCUT2D eigenvalue weighted by Crippen LogP contribution is -1.96. The molecule has 1 aliphatic rings. The fourth-order valence-electron chi connectivity index (χ4n) is 0.960. The summed E-state index contributed by atoms with van der Waals surface area (Å²) in [4.78, 5) is 0. The second-order valence-corrected chi connectivity index (χ2v) is 3.04. The van der Waals surface area contributed by atoms with E-state index in [0.29, 0.717) is 5.41 Å². The van der Waals surface area contributed by atoms with Crippen molar-refractivity contribution in [2.75, 3.05) is 0 Å². The van der Waals surface area contributed by atoms with E-state index in [4.69, 9.17) is 0 Å². The van der Waals surface area contributed by atoms with E-state index in [0.717, 1.165) is 0 Å². The van der Waals surface area contributed by atoms with Crippen LogP contribution < -0.4 is 0 Å². The molecule has 50 valence electrons. The highest BCUT2D eigenvalue weighted by atomic mass is 14.3. The minimum atomic E-state index is 0.301. The highest BCUT2D eigenvalue weighted by Gasteiger charge is 2.25.